The zero-order valence-corrected chi connectivity index (χ0v) is 10.8. The van der Waals surface area contributed by atoms with Crippen molar-refractivity contribution < 1.29 is 9.21 Å². The number of carbonyl (C=O) groups is 1. The second-order valence-electron chi connectivity index (χ2n) is 4.59. The zero-order chi connectivity index (χ0) is 11.8. The summed E-state index contributed by atoms with van der Waals surface area (Å²) < 4.78 is 5.88. The summed E-state index contributed by atoms with van der Waals surface area (Å²) in [5.41, 5.74) is 5.76. The van der Waals surface area contributed by atoms with Crippen LogP contribution in [0.1, 0.15) is 23.9 Å². The number of nitrogens with zero attached hydrogens (tertiary/aromatic N) is 1. The van der Waals surface area contributed by atoms with E-state index >= 15 is 0 Å². The number of amides is 1. The number of likely N-dealkylation sites (tertiary alicyclic amines) is 1. The van der Waals surface area contributed by atoms with Gasteiger partial charge in [-0.2, -0.15) is 0 Å². The van der Waals surface area contributed by atoms with E-state index in [0.29, 0.717) is 23.3 Å². The fourth-order valence-electron chi connectivity index (χ4n) is 1.95. The highest BCUT2D eigenvalue weighted by Crippen LogP contribution is 2.30. The van der Waals surface area contributed by atoms with E-state index in [2.05, 4.69) is 22.9 Å². The normalized spacial score (nSPS) is 25.1. The van der Waals surface area contributed by atoms with E-state index in [-0.39, 0.29) is 11.3 Å². The van der Waals surface area contributed by atoms with Crippen molar-refractivity contribution in [3.63, 3.8) is 0 Å². The molecular formula is C11H15BrN2O2. The van der Waals surface area contributed by atoms with Gasteiger partial charge in [0.2, 0.25) is 5.76 Å². The Balaban J connectivity index is 2.11. The van der Waals surface area contributed by atoms with E-state index in [1.165, 1.54) is 6.26 Å². The molecule has 0 spiro atoms. The number of hydrogen-bond acceptors (Lipinski definition) is 3. The minimum atomic E-state index is -0.0611. The molecule has 2 N–H and O–H groups in total. The Hall–Kier alpha value is -0.810. The van der Waals surface area contributed by atoms with E-state index < -0.39 is 0 Å². The molecule has 4 nitrogen and oxygen atoms in total. The van der Waals surface area contributed by atoms with E-state index in [1.54, 1.807) is 11.0 Å². The molecule has 5 heteroatoms. The number of furan rings is 1. The molecule has 1 unspecified atom stereocenters. The van der Waals surface area contributed by atoms with Crippen molar-refractivity contribution >= 4 is 21.8 Å². The molecule has 1 aromatic heterocycles. The third-order valence-electron chi connectivity index (χ3n) is 3.15. The lowest BCUT2D eigenvalue weighted by Gasteiger charge is -2.22. The molecule has 2 heterocycles. The molecule has 1 aliphatic rings. The van der Waals surface area contributed by atoms with Crippen LogP contribution in [0.2, 0.25) is 0 Å². The molecule has 1 aliphatic heterocycles. The number of carbonyl (C=O) groups excluding carboxylic acids is 1. The van der Waals surface area contributed by atoms with Gasteiger partial charge in [-0.05, 0) is 40.4 Å². The molecule has 0 bridgehead atoms. The smallest absolute Gasteiger partial charge is 0.290 e. The van der Waals surface area contributed by atoms with Gasteiger partial charge in [-0.15, -0.1) is 0 Å². The van der Waals surface area contributed by atoms with Crippen molar-refractivity contribution in [3.05, 3.63) is 22.6 Å². The summed E-state index contributed by atoms with van der Waals surface area (Å²) in [5, 5.41) is 0. The molecule has 0 radical (unpaired) electrons. The standard InChI is InChI=1S/C11H15BrN2O2/c1-11(6-13)3-4-14(7-11)10(15)9-8(12)2-5-16-9/h2,5H,3-4,6-7,13H2,1H3. The zero-order valence-electron chi connectivity index (χ0n) is 9.20. The van der Waals surface area contributed by atoms with Crippen molar-refractivity contribution in [3.8, 4) is 0 Å². The fraction of sp³-hybridized carbons (Fsp3) is 0.545. The lowest BCUT2D eigenvalue weighted by atomic mass is 9.90. The van der Waals surface area contributed by atoms with Crippen LogP contribution in [-0.2, 0) is 0 Å². The Morgan fingerprint density at radius 2 is 2.50 bits per heavy atom. The van der Waals surface area contributed by atoms with Gasteiger partial charge in [0.05, 0.1) is 10.7 Å². The molecule has 0 saturated carbocycles. The van der Waals surface area contributed by atoms with Crippen molar-refractivity contribution in [1.29, 1.82) is 0 Å². The third-order valence-corrected chi connectivity index (χ3v) is 3.77. The van der Waals surface area contributed by atoms with Crippen molar-refractivity contribution in [2.45, 2.75) is 13.3 Å². The van der Waals surface area contributed by atoms with Gasteiger partial charge in [0.15, 0.2) is 0 Å². The number of rotatable bonds is 2. The molecule has 1 amide bonds. The van der Waals surface area contributed by atoms with Gasteiger partial charge >= 0.3 is 0 Å². The number of halogens is 1. The lowest BCUT2D eigenvalue weighted by Crippen LogP contribution is -2.34. The highest BCUT2D eigenvalue weighted by molar-refractivity contribution is 9.10. The topological polar surface area (TPSA) is 59.5 Å². The predicted molar refractivity (Wildman–Crippen MR) is 64.1 cm³/mol. The second kappa shape index (κ2) is 4.22. The van der Waals surface area contributed by atoms with Gasteiger partial charge < -0.3 is 15.1 Å². The SMILES string of the molecule is CC1(CN)CCN(C(=O)c2occc2Br)C1. The van der Waals surface area contributed by atoms with E-state index in [0.717, 1.165) is 13.0 Å². The van der Waals surface area contributed by atoms with Crippen molar-refractivity contribution in [1.82, 2.24) is 4.90 Å². The maximum atomic E-state index is 12.1. The Morgan fingerprint density at radius 3 is 3.00 bits per heavy atom. The first-order valence-corrected chi connectivity index (χ1v) is 6.07. The van der Waals surface area contributed by atoms with Crippen LogP contribution in [-0.4, -0.2) is 30.4 Å². The molecule has 1 atom stereocenters. The first kappa shape index (κ1) is 11.7. The second-order valence-corrected chi connectivity index (χ2v) is 5.44. The van der Waals surface area contributed by atoms with Crippen LogP contribution >= 0.6 is 15.9 Å². The van der Waals surface area contributed by atoms with Gasteiger partial charge in [-0.1, -0.05) is 6.92 Å². The summed E-state index contributed by atoms with van der Waals surface area (Å²) >= 11 is 3.29. The van der Waals surface area contributed by atoms with Crippen LogP contribution in [0.25, 0.3) is 0 Å². The molecule has 2 rings (SSSR count). The van der Waals surface area contributed by atoms with Crippen LogP contribution in [0.4, 0.5) is 0 Å². The van der Waals surface area contributed by atoms with Crippen LogP contribution < -0.4 is 5.73 Å². The van der Waals surface area contributed by atoms with Crippen molar-refractivity contribution in [2.24, 2.45) is 11.1 Å². The average Bonchev–Trinajstić information content (AvgIpc) is 2.85. The summed E-state index contributed by atoms with van der Waals surface area (Å²) in [4.78, 5) is 13.9. The van der Waals surface area contributed by atoms with Gasteiger partial charge in [-0.3, -0.25) is 4.79 Å². The molecule has 1 fully saturated rings. The van der Waals surface area contributed by atoms with Gasteiger partial charge in [-0.25, -0.2) is 0 Å². The van der Waals surface area contributed by atoms with E-state index in [4.69, 9.17) is 10.2 Å². The average molecular weight is 287 g/mol. The van der Waals surface area contributed by atoms with Crippen LogP contribution in [0, 0.1) is 5.41 Å². The maximum absolute atomic E-state index is 12.1. The first-order valence-electron chi connectivity index (χ1n) is 5.28. The summed E-state index contributed by atoms with van der Waals surface area (Å²) in [6.45, 7) is 4.17. The summed E-state index contributed by atoms with van der Waals surface area (Å²) in [5.74, 6) is 0.315. The largest absolute Gasteiger partial charge is 0.458 e. The Morgan fingerprint density at radius 1 is 1.75 bits per heavy atom. The fourth-order valence-corrected chi connectivity index (χ4v) is 2.32. The minimum Gasteiger partial charge on any atom is -0.458 e. The Labute approximate surface area is 103 Å². The molecule has 0 aromatic carbocycles. The van der Waals surface area contributed by atoms with E-state index in [9.17, 15) is 4.79 Å². The molecule has 88 valence electrons. The minimum absolute atomic E-state index is 0.0503. The van der Waals surface area contributed by atoms with Gasteiger partial charge in [0.1, 0.15) is 0 Å². The highest BCUT2D eigenvalue weighted by atomic mass is 79.9. The highest BCUT2D eigenvalue weighted by Gasteiger charge is 2.36. The number of hydrogen-bond donors (Lipinski definition) is 1. The monoisotopic (exact) mass is 286 g/mol. The van der Waals surface area contributed by atoms with Crippen LogP contribution in [0.5, 0.6) is 0 Å². The summed E-state index contributed by atoms with van der Waals surface area (Å²) in [6, 6.07) is 1.73. The van der Waals surface area contributed by atoms with E-state index in [1.807, 2.05) is 0 Å². The van der Waals surface area contributed by atoms with Gasteiger partial charge in [0.25, 0.3) is 5.91 Å². The van der Waals surface area contributed by atoms with Gasteiger partial charge in [0, 0.05) is 13.1 Å². The van der Waals surface area contributed by atoms with Crippen LogP contribution in [0.3, 0.4) is 0 Å². The van der Waals surface area contributed by atoms with Crippen molar-refractivity contribution in [2.75, 3.05) is 19.6 Å². The molecule has 1 aromatic rings. The van der Waals surface area contributed by atoms with Crippen LogP contribution in [0.15, 0.2) is 21.2 Å². The third kappa shape index (κ3) is 2.01. The maximum Gasteiger partial charge on any atom is 0.290 e. The first-order chi connectivity index (χ1) is 7.56. The molecule has 16 heavy (non-hydrogen) atoms. The Kier molecular flexibility index (Phi) is 3.08. The summed E-state index contributed by atoms with van der Waals surface area (Å²) in [7, 11) is 0. The number of nitrogens with two attached hydrogens (primary N) is 1. The Bertz CT molecular complexity index is 404. The molecule has 1 saturated heterocycles. The lowest BCUT2D eigenvalue weighted by molar-refractivity contribution is 0.0744. The quantitative estimate of drug-likeness (QED) is 0.903. The molecular weight excluding hydrogens is 272 g/mol. The predicted octanol–water partition coefficient (Wildman–Crippen LogP) is 1.85. The molecule has 0 aliphatic carbocycles. The summed E-state index contributed by atoms with van der Waals surface area (Å²) in [6.07, 6.45) is 2.46.